The molecule has 2 aromatic heterocycles. The van der Waals surface area contributed by atoms with E-state index in [1.54, 1.807) is 12.4 Å². The smallest absolute Gasteiger partial charge is 0.275 e. The minimum atomic E-state index is -0.304. The van der Waals surface area contributed by atoms with Crippen LogP contribution in [0.3, 0.4) is 0 Å². The van der Waals surface area contributed by atoms with E-state index in [-0.39, 0.29) is 29.4 Å². The van der Waals surface area contributed by atoms with E-state index in [0.717, 1.165) is 35.7 Å². The monoisotopic (exact) mass is 477 g/mol. The Bertz CT molecular complexity index is 1150. The maximum Gasteiger partial charge on any atom is 0.275 e. The summed E-state index contributed by atoms with van der Waals surface area (Å²) in [4.78, 5) is 31.4. The number of aromatic nitrogens is 3. The van der Waals surface area contributed by atoms with Gasteiger partial charge in [-0.3, -0.25) is 14.6 Å². The first kappa shape index (κ1) is 22.6. The fourth-order valence-electron chi connectivity index (χ4n) is 5.29. The molecule has 1 N–H and O–H groups in total. The van der Waals surface area contributed by atoms with Crippen molar-refractivity contribution in [3.63, 3.8) is 0 Å². The standard InChI is InChI=1S/C25H27N5O3S/c1-2-21(31)28-22-18-7-3-4-8-19(18)25(23(22)33-16-17-6-5-11-26-14-17)9-12-30(13-10-25)24(32)20-15-27-34-29-20/h3-8,11,14-15,22-23H,2,9-10,12-13,16H2,1H3,(H,28,31)/t22-,23+/m0/s1. The highest BCUT2D eigenvalue weighted by Crippen LogP contribution is 2.52. The number of pyridine rings is 1. The molecule has 0 saturated carbocycles. The minimum absolute atomic E-state index is 0.00419. The van der Waals surface area contributed by atoms with Crippen LogP contribution in [-0.2, 0) is 21.6 Å². The van der Waals surface area contributed by atoms with Crippen LogP contribution in [0, 0.1) is 0 Å². The SMILES string of the molecule is CCC(=O)N[C@H]1c2ccccc2C2(CCN(C(=O)c3cnsn3)CC2)[C@@H]1OCc1cccnc1. The fraction of sp³-hybridized carbons (Fsp3) is 0.400. The molecule has 0 unspecified atom stereocenters. The van der Waals surface area contributed by atoms with Crippen molar-refractivity contribution in [3.8, 4) is 0 Å². The number of benzene rings is 1. The molecule has 3 heterocycles. The average Bonchev–Trinajstić information content (AvgIpc) is 3.50. The maximum absolute atomic E-state index is 12.9. The van der Waals surface area contributed by atoms with Crippen molar-refractivity contribution in [2.45, 2.75) is 50.4 Å². The number of carbonyl (C=O) groups is 2. The first-order valence-corrected chi connectivity index (χ1v) is 12.3. The number of hydrogen-bond donors (Lipinski definition) is 1. The molecule has 2 atom stereocenters. The van der Waals surface area contributed by atoms with Gasteiger partial charge in [-0.25, -0.2) is 0 Å². The van der Waals surface area contributed by atoms with E-state index >= 15 is 0 Å². The third kappa shape index (κ3) is 4.10. The van der Waals surface area contributed by atoms with Gasteiger partial charge in [-0.15, -0.1) is 0 Å². The van der Waals surface area contributed by atoms with Gasteiger partial charge in [0.05, 0.1) is 36.7 Å². The lowest BCUT2D eigenvalue weighted by molar-refractivity contribution is -0.123. The molecule has 0 radical (unpaired) electrons. The molecule has 2 amide bonds. The molecule has 2 aliphatic rings. The number of nitrogens with zero attached hydrogens (tertiary/aromatic N) is 4. The van der Waals surface area contributed by atoms with Crippen LogP contribution >= 0.6 is 11.7 Å². The van der Waals surface area contributed by atoms with Gasteiger partial charge in [0, 0.05) is 37.3 Å². The zero-order valence-corrected chi connectivity index (χ0v) is 19.8. The maximum atomic E-state index is 12.9. The van der Waals surface area contributed by atoms with Crippen molar-refractivity contribution in [2.24, 2.45) is 0 Å². The lowest BCUT2D eigenvalue weighted by atomic mass is 9.71. The summed E-state index contributed by atoms with van der Waals surface area (Å²) in [7, 11) is 0. The summed E-state index contributed by atoms with van der Waals surface area (Å²) in [6.45, 7) is 3.44. The number of ether oxygens (including phenoxy) is 1. The van der Waals surface area contributed by atoms with E-state index in [1.165, 1.54) is 11.8 Å². The Morgan fingerprint density at radius 2 is 2.00 bits per heavy atom. The molecule has 5 rings (SSSR count). The third-order valence-corrected chi connectivity index (χ3v) is 7.47. The van der Waals surface area contributed by atoms with E-state index in [1.807, 2.05) is 36.1 Å². The molecule has 9 heteroatoms. The molecular weight excluding hydrogens is 450 g/mol. The van der Waals surface area contributed by atoms with Gasteiger partial charge >= 0.3 is 0 Å². The first-order valence-electron chi connectivity index (χ1n) is 11.6. The van der Waals surface area contributed by atoms with Crippen molar-refractivity contribution >= 4 is 23.5 Å². The number of fused-ring (bicyclic) bond motifs is 2. The second-order valence-corrected chi connectivity index (χ2v) is 9.38. The lowest BCUT2D eigenvalue weighted by Gasteiger charge is -2.44. The number of likely N-dealkylation sites (tertiary alicyclic amines) is 1. The van der Waals surface area contributed by atoms with Crippen LogP contribution in [0.1, 0.15) is 59.4 Å². The summed E-state index contributed by atoms with van der Waals surface area (Å²) in [5.41, 5.74) is 3.38. The first-order chi connectivity index (χ1) is 16.6. The Morgan fingerprint density at radius 1 is 1.18 bits per heavy atom. The normalized spacial score (nSPS) is 20.8. The fourth-order valence-corrected chi connectivity index (χ4v) is 5.70. The molecule has 0 bridgehead atoms. The van der Waals surface area contributed by atoms with Crippen molar-refractivity contribution in [1.29, 1.82) is 0 Å². The van der Waals surface area contributed by atoms with Crippen molar-refractivity contribution < 1.29 is 14.3 Å². The van der Waals surface area contributed by atoms with E-state index in [4.69, 9.17) is 4.74 Å². The van der Waals surface area contributed by atoms with Gasteiger partial charge in [-0.2, -0.15) is 8.75 Å². The summed E-state index contributed by atoms with van der Waals surface area (Å²) >= 11 is 1.04. The second kappa shape index (κ2) is 9.60. The Kier molecular flexibility index (Phi) is 6.38. The molecule has 1 aliphatic heterocycles. The van der Waals surface area contributed by atoms with Crippen LogP contribution in [0.4, 0.5) is 0 Å². The number of carbonyl (C=O) groups excluding carboxylic acids is 2. The Balaban J connectivity index is 1.45. The van der Waals surface area contributed by atoms with Gasteiger partial charge in [0.15, 0.2) is 5.69 Å². The second-order valence-electron chi connectivity index (χ2n) is 8.82. The van der Waals surface area contributed by atoms with Gasteiger partial charge in [0.25, 0.3) is 5.91 Å². The van der Waals surface area contributed by atoms with Gasteiger partial charge < -0.3 is 15.0 Å². The van der Waals surface area contributed by atoms with Crippen molar-refractivity contribution in [2.75, 3.05) is 13.1 Å². The molecule has 34 heavy (non-hydrogen) atoms. The Labute approximate surface area is 202 Å². The largest absolute Gasteiger partial charge is 0.370 e. The zero-order valence-electron chi connectivity index (χ0n) is 19.0. The van der Waals surface area contributed by atoms with Crippen LogP contribution in [0.15, 0.2) is 55.0 Å². The van der Waals surface area contributed by atoms with Crippen molar-refractivity contribution in [1.82, 2.24) is 23.9 Å². The quantitative estimate of drug-likeness (QED) is 0.585. The number of amides is 2. The highest BCUT2D eigenvalue weighted by Gasteiger charge is 2.54. The van der Waals surface area contributed by atoms with Crippen LogP contribution in [0.5, 0.6) is 0 Å². The van der Waals surface area contributed by atoms with Crippen LogP contribution < -0.4 is 5.32 Å². The van der Waals surface area contributed by atoms with Crippen LogP contribution in [0.2, 0.25) is 0 Å². The number of hydrogen-bond acceptors (Lipinski definition) is 7. The topological polar surface area (TPSA) is 97.3 Å². The van der Waals surface area contributed by atoms with Gasteiger partial charge in [0.2, 0.25) is 5.91 Å². The number of rotatable bonds is 6. The summed E-state index contributed by atoms with van der Waals surface area (Å²) in [5.74, 6) is -0.0889. The molecule has 1 fully saturated rings. The van der Waals surface area contributed by atoms with E-state index in [2.05, 4.69) is 31.2 Å². The van der Waals surface area contributed by atoms with Gasteiger partial charge in [-0.1, -0.05) is 37.3 Å². The molecule has 1 aromatic carbocycles. The molecule has 3 aromatic rings. The summed E-state index contributed by atoms with van der Waals surface area (Å²) in [6, 6.07) is 11.9. The van der Waals surface area contributed by atoms with Gasteiger partial charge in [0.1, 0.15) is 0 Å². The zero-order chi connectivity index (χ0) is 23.5. The molecule has 8 nitrogen and oxygen atoms in total. The summed E-state index contributed by atoms with van der Waals surface area (Å²) in [6.07, 6.45) is 6.71. The van der Waals surface area contributed by atoms with E-state index < -0.39 is 0 Å². The Morgan fingerprint density at radius 3 is 2.71 bits per heavy atom. The van der Waals surface area contributed by atoms with Crippen molar-refractivity contribution in [3.05, 3.63) is 77.4 Å². The molecule has 176 valence electrons. The highest BCUT2D eigenvalue weighted by molar-refractivity contribution is 6.99. The molecule has 1 aliphatic carbocycles. The van der Waals surface area contributed by atoms with Gasteiger partial charge in [-0.05, 0) is 35.6 Å². The lowest BCUT2D eigenvalue weighted by Crippen LogP contribution is -2.52. The van der Waals surface area contributed by atoms with E-state index in [0.29, 0.717) is 31.8 Å². The highest BCUT2D eigenvalue weighted by atomic mass is 32.1. The Hall–Kier alpha value is -3.17. The molecular formula is C25H27N5O3S. The summed E-state index contributed by atoms with van der Waals surface area (Å²) < 4.78 is 14.7. The van der Waals surface area contributed by atoms with Crippen LogP contribution in [-0.4, -0.2) is 49.6 Å². The molecule has 1 saturated heterocycles. The number of piperidine rings is 1. The molecule has 1 spiro atoms. The minimum Gasteiger partial charge on any atom is -0.370 e. The predicted octanol–water partition coefficient (Wildman–Crippen LogP) is 3.27. The number of nitrogens with one attached hydrogen (secondary N) is 1. The average molecular weight is 478 g/mol. The van der Waals surface area contributed by atoms with E-state index in [9.17, 15) is 9.59 Å². The third-order valence-electron chi connectivity index (χ3n) is 6.99. The predicted molar refractivity (Wildman–Crippen MR) is 127 cm³/mol. The summed E-state index contributed by atoms with van der Waals surface area (Å²) in [5, 5.41) is 3.22. The van der Waals surface area contributed by atoms with Crippen LogP contribution in [0.25, 0.3) is 0 Å².